The first kappa shape index (κ1) is 21.4. The molecule has 11 rings (SSSR count). The van der Waals surface area contributed by atoms with Crippen LogP contribution in [0.15, 0.2) is 72.8 Å². The van der Waals surface area contributed by atoms with Crippen molar-refractivity contribution in [1.82, 2.24) is 10.4 Å². The van der Waals surface area contributed by atoms with Gasteiger partial charge in [-0.1, -0.05) is 65.7 Å². The summed E-state index contributed by atoms with van der Waals surface area (Å²) in [5.41, 5.74) is 4.36. The number of nitrogens with zero attached hydrogens (tertiary/aromatic N) is 1. The quantitative estimate of drug-likeness (QED) is 0.504. The smallest absolute Gasteiger partial charge is 0.407 e. The lowest BCUT2D eigenvalue weighted by Crippen LogP contribution is -3.16. The predicted octanol–water partition coefficient (Wildman–Crippen LogP) is 3.77. The van der Waals surface area contributed by atoms with Crippen molar-refractivity contribution in [2.45, 2.75) is 11.5 Å². The van der Waals surface area contributed by atoms with E-state index in [9.17, 15) is 19.2 Å². The fraction of sp³-hybridized carbons (Fsp3) is 0.312. The largest absolute Gasteiger partial charge is 0.449 e. The number of benzene rings is 3. The lowest BCUT2D eigenvalue weighted by molar-refractivity contribution is -0.610. The average Bonchev–Trinajstić information content (AvgIpc) is 3.43. The van der Waals surface area contributed by atoms with Crippen LogP contribution in [0.1, 0.15) is 37.8 Å². The number of rotatable bonds is 5. The van der Waals surface area contributed by atoms with Crippen LogP contribution in [0.5, 0.6) is 0 Å². The lowest BCUT2D eigenvalue weighted by Gasteiger charge is -3.09. The van der Waals surface area contributed by atoms with Gasteiger partial charge in [0.1, 0.15) is 6.61 Å². The zero-order valence-corrected chi connectivity index (χ0v) is 21.1. The van der Waals surface area contributed by atoms with Gasteiger partial charge in [-0.2, -0.15) is 0 Å². The van der Waals surface area contributed by atoms with Gasteiger partial charge < -0.3 is 14.9 Å². The molecule has 0 bridgehead atoms. The Hall–Kier alpha value is -4.46. The van der Waals surface area contributed by atoms with Crippen LogP contribution in [0.4, 0.5) is 4.79 Å². The first-order chi connectivity index (χ1) is 19.5. The molecular formula is C32H22N2O6. The fourth-order valence-corrected chi connectivity index (χ4v) is 10.4. The van der Waals surface area contributed by atoms with Crippen LogP contribution < -0.4 is 5.32 Å². The van der Waals surface area contributed by atoms with E-state index in [4.69, 9.17) is 9.57 Å². The summed E-state index contributed by atoms with van der Waals surface area (Å²) in [5, 5.41) is 3.83. The highest BCUT2D eigenvalue weighted by molar-refractivity contribution is 6.21. The molecule has 1 aliphatic heterocycles. The summed E-state index contributed by atoms with van der Waals surface area (Å²) in [4.78, 5) is 57.2. The molecule has 0 aromatic heterocycles. The number of hydroxylamine groups is 2. The van der Waals surface area contributed by atoms with Gasteiger partial charge in [0.25, 0.3) is 11.8 Å². The third kappa shape index (κ3) is 1.90. The number of fused-ring (bicyclic) bond motifs is 4. The Morgan fingerprint density at radius 3 is 1.70 bits per heavy atom. The molecule has 3 amide bonds. The van der Waals surface area contributed by atoms with Crippen molar-refractivity contribution >= 4 is 23.9 Å². The molecule has 6 saturated carbocycles. The third-order valence-corrected chi connectivity index (χ3v) is 11.6. The van der Waals surface area contributed by atoms with Gasteiger partial charge in [-0.3, -0.25) is 9.59 Å². The van der Waals surface area contributed by atoms with Crippen LogP contribution in [-0.4, -0.2) is 41.1 Å². The Morgan fingerprint density at radius 2 is 1.18 bits per heavy atom. The van der Waals surface area contributed by atoms with Gasteiger partial charge in [0, 0.05) is 5.92 Å². The standard InChI is InChI=1S/C32H22N2O6/c35-27-18-11-5-6-12-19(18)28(36)34(27)40-29(37)31-21-24-22(31)26-23(31)25(21)32(24,26)33-30(38)39-13-20-16-9-3-1-7-14(16)15-8-2-4-10-17(15)20/h1-12,20-26H,13H2,(H,33,38). The van der Waals surface area contributed by atoms with Gasteiger partial charge in [-0.15, -0.1) is 0 Å². The van der Waals surface area contributed by atoms with E-state index in [1.54, 1.807) is 24.3 Å². The van der Waals surface area contributed by atoms with E-state index in [1.807, 2.05) is 24.3 Å². The molecule has 8 heteroatoms. The lowest BCUT2D eigenvalue weighted by atomic mass is 8.94. The Balaban J connectivity index is 0.815. The van der Waals surface area contributed by atoms with E-state index in [1.165, 1.54) is 22.3 Å². The molecule has 1 heterocycles. The number of imide groups is 1. The van der Waals surface area contributed by atoms with Crippen molar-refractivity contribution in [3.8, 4) is 11.1 Å². The molecule has 3 aromatic rings. The summed E-state index contributed by atoms with van der Waals surface area (Å²) in [7, 11) is 0. The molecule has 0 saturated heterocycles. The van der Waals surface area contributed by atoms with Crippen LogP contribution in [0.2, 0.25) is 0 Å². The maximum atomic E-state index is 13.3. The maximum absolute atomic E-state index is 13.3. The number of carbonyl (C=O) groups is 4. The first-order valence-electron chi connectivity index (χ1n) is 13.8. The SMILES string of the molecule is O=C(NC12C3C4C1C1C2C3C41C(=O)ON1C(=O)c2ccccc2C1=O)OCC1c2ccccc2-c2ccccc21. The molecule has 7 aliphatic carbocycles. The summed E-state index contributed by atoms with van der Waals surface area (Å²) >= 11 is 0. The monoisotopic (exact) mass is 530 g/mol. The molecular weight excluding hydrogens is 508 g/mol. The molecule has 8 aliphatic rings. The van der Waals surface area contributed by atoms with Gasteiger partial charge >= 0.3 is 12.1 Å². The number of amides is 3. The summed E-state index contributed by atoms with van der Waals surface area (Å²) in [6.45, 7) is 0.267. The molecule has 0 unspecified atom stereocenters. The van der Waals surface area contributed by atoms with Crippen molar-refractivity contribution in [2.24, 2.45) is 40.9 Å². The van der Waals surface area contributed by atoms with Crippen LogP contribution in [-0.2, 0) is 14.4 Å². The topological polar surface area (TPSA) is 102 Å². The summed E-state index contributed by atoms with van der Waals surface area (Å²) < 4.78 is 5.81. The highest BCUT2D eigenvalue weighted by atomic mass is 16.7. The van der Waals surface area contributed by atoms with E-state index < -0.39 is 29.3 Å². The van der Waals surface area contributed by atoms with Crippen LogP contribution >= 0.6 is 0 Å². The summed E-state index contributed by atoms with van der Waals surface area (Å²) in [6.07, 6.45) is -0.403. The molecule has 0 spiro atoms. The van der Waals surface area contributed by atoms with E-state index in [0.717, 1.165) is 0 Å². The van der Waals surface area contributed by atoms with E-state index in [-0.39, 0.29) is 64.7 Å². The van der Waals surface area contributed by atoms with Crippen molar-refractivity contribution < 1.29 is 28.8 Å². The highest BCUT2D eigenvalue weighted by Gasteiger charge is 3.12. The molecule has 40 heavy (non-hydrogen) atoms. The molecule has 6 fully saturated rings. The van der Waals surface area contributed by atoms with Crippen LogP contribution in [0.3, 0.4) is 0 Å². The number of carbonyl (C=O) groups excluding carboxylic acids is 4. The average molecular weight is 531 g/mol. The fourth-order valence-electron chi connectivity index (χ4n) is 10.4. The minimum atomic E-state index is -0.598. The first-order valence-corrected chi connectivity index (χ1v) is 13.8. The van der Waals surface area contributed by atoms with Gasteiger partial charge in [0.2, 0.25) is 0 Å². The summed E-state index contributed by atoms with van der Waals surface area (Å²) in [6, 6.07) is 23.0. The zero-order valence-electron chi connectivity index (χ0n) is 21.1. The second kappa shape index (κ2) is 6.46. The van der Waals surface area contributed by atoms with Crippen LogP contribution in [0, 0.1) is 40.9 Å². The third-order valence-electron chi connectivity index (χ3n) is 11.6. The number of hydrogen-bond acceptors (Lipinski definition) is 6. The number of alkyl carbamates (subject to hydrolysis) is 1. The van der Waals surface area contributed by atoms with E-state index in [0.29, 0.717) is 5.06 Å². The second-order valence-corrected chi connectivity index (χ2v) is 12.3. The van der Waals surface area contributed by atoms with Crippen molar-refractivity contribution in [3.05, 3.63) is 95.1 Å². The summed E-state index contributed by atoms with van der Waals surface area (Å²) in [5.74, 6) is -0.522. The molecule has 0 radical (unpaired) electrons. The molecule has 196 valence electrons. The molecule has 8 nitrogen and oxygen atoms in total. The van der Waals surface area contributed by atoms with E-state index in [2.05, 4.69) is 29.6 Å². The van der Waals surface area contributed by atoms with Gasteiger partial charge in [-0.05, 0) is 69.9 Å². The second-order valence-electron chi connectivity index (χ2n) is 12.3. The molecule has 3 aromatic carbocycles. The van der Waals surface area contributed by atoms with Crippen molar-refractivity contribution in [2.75, 3.05) is 6.61 Å². The number of nitrogens with one attached hydrogen (secondary N) is 1. The van der Waals surface area contributed by atoms with Crippen molar-refractivity contribution in [1.29, 1.82) is 0 Å². The van der Waals surface area contributed by atoms with Gasteiger partial charge in [0.05, 0.1) is 22.1 Å². The van der Waals surface area contributed by atoms with E-state index >= 15 is 0 Å². The number of ether oxygens (including phenoxy) is 1. The predicted molar refractivity (Wildman–Crippen MR) is 137 cm³/mol. The van der Waals surface area contributed by atoms with Gasteiger partial charge in [0.15, 0.2) is 0 Å². The van der Waals surface area contributed by atoms with Crippen LogP contribution in [0.25, 0.3) is 11.1 Å². The normalized spacial score (nSPS) is 37.0. The highest BCUT2D eigenvalue weighted by Crippen LogP contribution is 3.07. The minimum Gasteiger partial charge on any atom is -0.449 e. The Bertz CT molecular complexity index is 1640. The molecule has 1 N–H and O–H groups in total. The zero-order chi connectivity index (χ0) is 26.7. The Labute approximate surface area is 228 Å². The van der Waals surface area contributed by atoms with Gasteiger partial charge in [-0.25, -0.2) is 9.59 Å². The van der Waals surface area contributed by atoms with Crippen molar-refractivity contribution in [3.63, 3.8) is 0 Å². The molecule has 0 atom stereocenters. The maximum Gasteiger partial charge on any atom is 0.407 e. The number of hydrogen-bond donors (Lipinski definition) is 1. The Morgan fingerprint density at radius 1 is 0.700 bits per heavy atom. The Kier molecular flexibility index (Phi) is 3.45. The minimum absolute atomic E-state index is 0.00221.